The van der Waals surface area contributed by atoms with E-state index in [0.717, 1.165) is 38.5 Å². The molecule has 0 amide bonds. The minimum absolute atomic E-state index is 0.174. The zero-order chi connectivity index (χ0) is 52.4. The van der Waals surface area contributed by atoms with E-state index in [4.69, 9.17) is 28.4 Å². The number of carbonyl (C=O) groups is 2. The van der Waals surface area contributed by atoms with Crippen LogP contribution < -0.4 is 0 Å². The third-order valence-corrected chi connectivity index (χ3v) is 14.6. The fourth-order valence-corrected chi connectivity index (χ4v) is 9.75. The second-order valence-corrected chi connectivity index (χ2v) is 21.2. The molecule has 72 heavy (non-hydrogen) atoms. The molecule has 0 aromatic heterocycles. The summed E-state index contributed by atoms with van der Waals surface area (Å²) in [4.78, 5) is 25.9. The van der Waals surface area contributed by atoms with Gasteiger partial charge >= 0.3 is 11.9 Å². The van der Waals surface area contributed by atoms with E-state index >= 15 is 0 Å². The quantitative estimate of drug-likeness (QED) is 0.0222. The summed E-state index contributed by atoms with van der Waals surface area (Å²) in [6.45, 7) is 2.66. The number of hydrogen-bond acceptors (Lipinski definition) is 15. The standard InChI is InChI=1S/C57H108O15/c1-3-5-7-9-11-13-15-17-19-20-21-22-23-24-26-28-30-32-34-36-38-40-49(60)70-45(42-67-48(59)39-37-35-33-31-29-27-25-18-16-14-12-10-8-6-4-2)43-68-56-55(66)53(64)51(62)47(72-56)44-69-57-54(65)52(63)50(61)46(41-58)71-57/h45-47,50-58,61-66H,3-44H2,1-2H3. The molecule has 0 aromatic carbocycles. The van der Waals surface area contributed by atoms with Gasteiger partial charge in [0.25, 0.3) is 0 Å². The number of aliphatic hydroxyl groups is 7. The van der Waals surface area contributed by atoms with Crippen molar-refractivity contribution in [1.29, 1.82) is 0 Å². The molecule has 15 heteroatoms. The van der Waals surface area contributed by atoms with E-state index in [1.54, 1.807) is 0 Å². The number of carbonyl (C=O) groups excluding carboxylic acids is 2. The zero-order valence-electron chi connectivity index (χ0n) is 45.4. The molecule has 0 radical (unpaired) electrons. The third kappa shape index (κ3) is 31.5. The highest BCUT2D eigenvalue weighted by Gasteiger charge is 2.47. The van der Waals surface area contributed by atoms with Crippen molar-refractivity contribution in [2.75, 3.05) is 26.4 Å². The maximum atomic E-state index is 13.1. The SMILES string of the molecule is CCCCCCCCCCCCCCCCCCCCCCCC(=O)OC(COC(=O)CCCCCCCCCCCCCCCCC)COC1OC(COC2OC(CO)C(O)C(O)C2O)C(O)C(O)C1O. The summed E-state index contributed by atoms with van der Waals surface area (Å²) >= 11 is 0. The van der Waals surface area contributed by atoms with Crippen LogP contribution in [-0.4, -0.2) is 142 Å². The number of unbranched alkanes of at least 4 members (excludes halogenated alkanes) is 34. The molecule has 15 nitrogen and oxygen atoms in total. The Morgan fingerprint density at radius 2 is 0.708 bits per heavy atom. The molecule has 7 N–H and O–H groups in total. The van der Waals surface area contributed by atoms with Crippen molar-refractivity contribution in [3.8, 4) is 0 Å². The van der Waals surface area contributed by atoms with E-state index < -0.39 is 92.7 Å². The van der Waals surface area contributed by atoms with Crippen molar-refractivity contribution in [2.45, 2.75) is 325 Å². The molecule has 2 aliphatic heterocycles. The van der Waals surface area contributed by atoms with Crippen LogP contribution in [0.5, 0.6) is 0 Å². The first-order valence-electron chi connectivity index (χ1n) is 29.6. The van der Waals surface area contributed by atoms with Crippen LogP contribution in [0.1, 0.15) is 258 Å². The van der Waals surface area contributed by atoms with Gasteiger partial charge in [0.2, 0.25) is 0 Å². The summed E-state index contributed by atoms with van der Waals surface area (Å²) in [7, 11) is 0. The Labute approximate surface area is 436 Å². The summed E-state index contributed by atoms with van der Waals surface area (Å²) in [6, 6.07) is 0. The third-order valence-electron chi connectivity index (χ3n) is 14.6. The summed E-state index contributed by atoms with van der Waals surface area (Å²) in [6.07, 6.45) is 28.4. The zero-order valence-corrected chi connectivity index (χ0v) is 45.4. The lowest BCUT2D eigenvalue weighted by molar-refractivity contribution is -0.332. The molecule has 2 fully saturated rings. The van der Waals surface area contributed by atoms with Gasteiger partial charge in [-0.05, 0) is 12.8 Å². The monoisotopic (exact) mass is 1030 g/mol. The van der Waals surface area contributed by atoms with Crippen molar-refractivity contribution in [3.05, 3.63) is 0 Å². The van der Waals surface area contributed by atoms with Crippen molar-refractivity contribution >= 4 is 11.9 Å². The number of hydrogen-bond donors (Lipinski definition) is 7. The van der Waals surface area contributed by atoms with Crippen LogP contribution >= 0.6 is 0 Å². The molecule has 0 bridgehead atoms. The highest BCUT2D eigenvalue weighted by atomic mass is 16.7. The van der Waals surface area contributed by atoms with Crippen LogP contribution in [0.25, 0.3) is 0 Å². The lowest BCUT2D eigenvalue weighted by atomic mass is 9.98. The van der Waals surface area contributed by atoms with E-state index in [1.165, 1.54) is 180 Å². The summed E-state index contributed by atoms with van der Waals surface area (Å²) in [5, 5.41) is 72.3. The number of rotatable bonds is 48. The van der Waals surface area contributed by atoms with Gasteiger partial charge in [-0.15, -0.1) is 0 Å². The molecule has 2 aliphatic rings. The molecule has 11 unspecified atom stereocenters. The molecule has 2 rings (SSSR count). The van der Waals surface area contributed by atoms with Gasteiger partial charge in [0.05, 0.1) is 19.8 Å². The number of aliphatic hydroxyl groups excluding tert-OH is 7. The molecule has 426 valence electrons. The fourth-order valence-electron chi connectivity index (χ4n) is 9.75. The molecule has 0 aromatic rings. The Hall–Kier alpha value is -1.50. The molecule has 2 saturated heterocycles. The average molecular weight is 1030 g/mol. The van der Waals surface area contributed by atoms with E-state index in [0.29, 0.717) is 12.8 Å². The second-order valence-electron chi connectivity index (χ2n) is 21.2. The molecule has 2 heterocycles. The number of esters is 2. The van der Waals surface area contributed by atoms with Crippen LogP contribution in [0.3, 0.4) is 0 Å². The van der Waals surface area contributed by atoms with Gasteiger partial charge in [-0.1, -0.05) is 232 Å². The van der Waals surface area contributed by atoms with Crippen LogP contribution in [0.15, 0.2) is 0 Å². The van der Waals surface area contributed by atoms with Gasteiger partial charge in [0.1, 0.15) is 55.4 Å². The molecule has 0 spiro atoms. The maximum Gasteiger partial charge on any atom is 0.306 e. The Bertz CT molecular complexity index is 1260. The van der Waals surface area contributed by atoms with Crippen molar-refractivity contribution in [1.82, 2.24) is 0 Å². The largest absolute Gasteiger partial charge is 0.462 e. The normalized spacial score (nSPS) is 24.9. The van der Waals surface area contributed by atoms with Gasteiger partial charge in [-0.3, -0.25) is 9.59 Å². The average Bonchev–Trinajstić information content (AvgIpc) is 3.37. The Kier molecular flexibility index (Phi) is 41.3. The Morgan fingerprint density at radius 1 is 0.389 bits per heavy atom. The molecular formula is C57H108O15. The molecular weight excluding hydrogens is 925 g/mol. The number of ether oxygens (including phenoxy) is 6. The minimum atomic E-state index is -1.76. The van der Waals surface area contributed by atoms with Crippen LogP contribution in [-0.2, 0) is 38.0 Å². The topological polar surface area (TPSA) is 231 Å². The fraction of sp³-hybridized carbons (Fsp3) is 0.965. The summed E-state index contributed by atoms with van der Waals surface area (Å²) < 4.78 is 33.7. The van der Waals surface area contributed by atoms with Gasteiger partial charge in [0, 0.05) is 12.8 Å². The summed E-state index contributed by atoms with van der Waals surface area (Å²) in [5.41, 5.74) is 0. The first-order chi connectivity index (χ1) is 35.0. The van der Waals surface area contributed by atoms with Gasteiger partial charge in [-0.25, -0.2) is 0 Å². The molecule has 0 saturated carbocycles. The van der Waals surface area contributed by atoms with Crippen LogP contribution in [0, 0.1) is 0 Å². The molecule has 11 atom stereocenters. The van der Waals surface area contributed by atoms with Crippen LogP contribution in [0.4, 0.5) is 0 Å². The minimum Gasteiger partial charge on any atom is -0.462 e. The van der Waals surface area contributed by atoms with Crippen molar-refractivity contribution in [3.63, 3.8) is 0 Å². The Balaban J connectivity index is 1.73. The maximum absolute atomic E-state index is 13.1. The van der Waals surface area contributed by atoms with Crippen LogP contribution in [0.2, 0.25) is 0 Å². The van der Waals surface area contributed by atoms with E-state index in [1.807, 2.05) is 0 Å². The second kappa shape index (κ2) is 44.6. The first kappa shape index (κ1) is 66.6. The summed E-state index contributed by atoms with van der Waals surface area (Å²) in [5.74, 6) is -0.903. The predicted molar refractivity (Wildman–Crippen MR) is 280 cm³/mol. The predicted octanol–water partition coefficient (Wildman–Crippen LogP) is 9.95. The van der Waals surface area contributed by atoms with Crippen molar-refractivity contribution in [2.24, 2.45) is 0 Å². The lowest BCUT2D eigenvalue weighted by Gasteiger charge is -2.42. The Morgan fingerprint density at radius 3 is 1.08 bits per heavy atom. The van der Waals surface area contributed by atoms with E-state index in [2.05, 4.69) is 13.8 Å². The smallest absolute Gasteiger partial charge is 0.306 e. The van der Waals surface area contributed by atoms with Gasteiger partial charge in [0.15, 0.2) is 18.7 Å². The van der Waals surface area contributed by atoms with Gasteiger partial charge in [-0.2, -0.15) is 0 Å². The first-order valence-corrected chi connectivity index (χ1v) is 29.6. The van der Waals surface area contributed by atoms with E-state index in [-0.39, 0.29) is 26.1 Å². The van der Waals surface area contributed by atoms with E-state index in [9.17, 15) is 45.3 Å². The highest BCUT2D eigenvalue weighted by molar-refractivity contribution is 5.70. The van der Waals surface area contributed by atoms with Gasteiger partial charge < -0.3 is 64.2 Å². The lowest BCUT2D eigenvalue weighted by Crippen LogP contribution is -2.61. The van der Waals surface area contributed by atoms with Crippen molar-refractivity contribution < 1.29 is 73.8 Å². The molecule has 0 aliphatic carbocycles. The highest BCUT2D eigenvalue weighted by Crippen LogP contribution is 2.27.